The van der Waals surface area contributed by atoms with E-state index in [0.29, 0.717) is 16.8 Å². The molecule has 1 aliphatic heterocycles. The van der Waals surface area contributed by atoms with Crippen LogP contribution in [0.15, 0.2) is 48.0 Å². The molecule has 1 atom stereocenters. The van der Waals surface area contributed by atoms with Gasteiger partial charge in [0.2, 0.25) is 0 Å². The minimum atomic E-state index is -0.423. The lowest BCUT2D eigenvalue weighted by Crippen LogP contribution is -2.29. The molecule has 0 radical (unpaired) electrons. The zero-order valence-corrected chi connectivity index (χ0v) is 16.7. The Morgan fingerprint density at radius 2 is 1.97 bits per heavy atom. The van der Waals surface area contributed by atoms with Crippen LogP contribution in [0.3, 0.4) is 0 Å². The van der Waals surface area contributed by atoms with Crippen molar-refractivity contribution >= 4 is 29.1 Å². The normalized spacial score (nSPS) is 14.1. The van der Waals surface area contributed by atoms with E-state index in [1.165, 1.54) is 23.5 Å². The maximum absolute atomic E-state index is 12.8. The number of carbonyl (C=O) groups excluding carboxylic acids is 3. The second-order valence-corrected chi connectivity index (χ2v) is 7.83. The van der Waals surface area contributed by atoms with Crippen LogP contribution in [-0.4, -0.2) is 32.6 Å². The van der Waals surface area contributed by atoms with E-state index in [1.807, 2.05) is 19.2 Å². The number of benzene rings is 1. The Kier molecular flexibility index (Phi) is 4.94. The molecule has 4 rings (SSSR count). The van der Waals surface area contributed by atoms with Crippen LogP contribution in [0.5, 0.6) is 0 Å². The first kappa shape index (κ1) is 18.9. The number of nitrogens with zero attached hydrogens (tertiary/aromatic N) is 3. The third-order valence-electron chi connectivity index (χ3n) is 4.71. The monoisotopic (exact) mass is 406 g/mol. The number of aryl methyl sites for hydroxylation is 1. The standard InChI is InChI=1S/C21H18N4O3S/c1-12(18-11-29-13(2)24-18)23-19(26)14-6-7-16-17(9-14)21(28)25(20(16)27)10-15-5-3-4-8-22-15/h3-9,11-12H,10H2,1-2H3,(H,23,26). The van der Waals surface area contributed by atoms with E-state index in [1.54, 1.807) is 30.5 Å². The Morgan fingerprint density at radius 3 is 2.66 bits per heavy atom. The molecule has 0 bridgehead atoms. The number of hydrogen-bond acceptors (Lipinski definition) is 6. The molecule has 146 valence electrons. The molecule has 2 aromatic heterocycles. The second-order valence-electron chi connectivity index (χ2n) is 6.76. The molecule has 0 fully saturated rings. The number of fused-ring (bicyclic) bond motifs is 1. The molecule has 29 heavy (non-hydrogen) atoms. The summed E-state index contributed by atoms with van der Waals surface area (Å²) in [6.07, 6.45) is 1.61. The summed E-state index contributed by atoms with van der Waals surface area (Å²) in [5, 5.41) is 5.71. The van der Waals surface area contributed by atoms with Crippen LogP contribution in [0.2, 0.25) is 0 Å². The average Bonchev–Trinajstić information content (AvgIpc) is 3.26. The van der Waals surface area contributed by atoms with Crippen LogP contribution < -0.4 is 5.32 Å². The second kappa shape index (κ2) is 7.56. The Labute approximate surface area is 171 Å². The van der Waals surface area contributed by atoms with Crippen molar-refractivity contribution in [2.24, 2.45) is 0 Å². The highest BCUT2D eigenvalue weighted by molar-refractivity contribution is 7.09. The number of hydrogen-bond donors (Lipinski definition) is 1. The fourth-order valence-electron chi connectivity index (χ4n) is 3.16. The molecule has 1 unspecified atom stereocenters. The van der Waals surface area contributed by atoms with Crippen molar-refractivity contribution < 1.29 is 14.4 Å². The van der Waals surface area contributed by atoms with Crippen molar-refractivity contribution in [2.45, 2.75) is 26.4 Å². The maximum atomic E-state index is 12.8. The van der Waals surface area contributed by atoms with Crippen LogP contribution in [-0.2, 0) is 6.54 Å². The predicted octanol–water partition coefficient (Wildman–Crippen LogP) is 3.13. The number of thiazole rings is 1. The van der Waals surface area contributed by atoms with Crippen LogP contribution in [0.4, 0.5) is 0 Å². The molecular formula is C21H18N4O3S. The van der Waals surface area contributed by atoms with E-state index < -0.39 is 5.91 Å². The summed E-state index contributed by atoms with van der Waals surface area (Å²) in [4.78, 5) is 47.7. The minimum absolute atomic E-state index is 0.0922. The molecule has 3 amide bonds. The van der Waals surface area contributed by atoms with Gasteiger partial charge < -0.3 is 5.32 Å². The van der Waals surface area contributed by atoms with Gasteiger partial charge in [0.25, 0.3) is 17.7 Å². The summed E-state index contributed by atoms with van der Waals surface area (Å²) < 4.78 is 0. The third kappa shape index (κ3) is 3.66. The smallest absolute Gasteiger partial charge is 0.261 e. The van der Waals surface area contributed by atoms with E-state index in [2.05, 4.69) is 15.3 Å². The molecule has 1 aliphatic rings. The Morgan fingerprint density at radius 1 is 1.17 bits per heavy atom. The average molecular weight is 406 g/mol. The lowest BCUT2D eigenvalue weighted by molar-refractivity contribution is 0.0640. The first-order chi connectivity index (χ1) is 13.9. The van der Waals surface area contributed by atoms with Crippen LogP contribution in [0, 0.1) is 6.92 Å². The van der Waals surface area contributed by atoms with Crippen LogP contribution in [0.1, 0.15) is 60.4 Å². The molecule has 0 saturated carbocycles. The van der Waals surface area contributed by atoms with E-state index in [0.717, 1.165) is 15.6 Å². The van der Waals surface area contributed by atoms with Crippen LogP contribution >= 0.6 is 11.3 Å². The van der Waals surface area contributed by atoms with Crippen molar-refractivity contribution in [3.63, 3.8) is 0 Å². The van der Waals surface area contributed by atoms with Gasteiger partial charge in [-0.25, -0.2) is 4.98 Å². The SMILES string of the molecule is Cc1nc(C(C)NC(=O)c2ccc3c(c2)C(=O)N(Cc2ccccn2)C3=O)cs1. The van der Waals surface area contributed by atoms with Crippen LogP contribution in [0.25, 0.3) is 0 Å². The summed E-state index contributed by atoms with van der Waals surface area (Å²) >= 11 is 1.52. The summed E-state index contributed by atoms with van der Waals surface area (Å²) in [7, 11) is 0. The quantitative estimate of drug-likeness (QED) is 0.657. The molecule has 0 saturated heterocycles. The van der Waals surface area contributed by atoms with Gasteiger partial charge in [-0.15, -0.1) is 11.3 Å². The number of aromatic nitrogens is 2. The number of carbonyl (C=O) groups is 3. The molecule has 8 heteroatoms. The van der Waals surface area contributed by atoms with Gasteiger partial charge in [-0.1, -0.05) is 6.07 Å². The summed E-state index contributed by atoms with van der Waals surface area (Å²) in [5.74, 6) is -1.13. The number of imide groups is 1. The lowest BCUT2D eigenvalue weighted by Gasteiger charge is -2.12. The Bertz CT molecular complexity index is 1110. The zero-order valence-electron chi connectivity index (χ0n) is 15.9. The van der Waals surface area contributed by atoms with Gasteiger partial charge in [0.05, 0.1) is 40.1 Å². The largest absolute Gasteiger partial charge is 0.344 e. The van der Waals surface area contributed by atoms with Gasteiger partial charge in [0, 0.05) is 17.1 Å². The maximum Gasteiger partial charge on any atom is 0.261 e. The summed E-state index contributed by atoms with van der Waals surface area (Å²) in [6, 6.07) is 9.62. The molecule has 1 N–H and O–H groups in total. The fourth-order valence-corrected chi connectivity index (χ4v) is 3.87. The van der Waals surface area contributed by atoms with E-state index >= 15 is 0 Å². The Hall–Kier alpha value is -3.39. The molecule has 7 nitrogen and oxygen atoms in total. The third-order valence-corrected chi connectivity index (χ3v) is 5.50. The van der Waals surface area contributed by atoms with E-state index in [9.17, 15) is 14.4 Å². The zero-order chi connectivity index (χ0) is 20.5. The molecule has 1 aromatic carbocycles. The van der Waals surface area contributed by atoms with Gasteiger partial charge >= 0.3 is 0 Å². The molecule has 0 aliphatic carbocycles. The van der Waals surface area contributed by atoms with Crippen molar-refractivity contribution in [3.8, 4) is 0 Å². The van der Waals surface area contributed by atoms with E-state index in [4.69, 9.17) is 0 Å². The fraction of sp³-hybridized carbons (Fsp3) is 0.190. The first-order valence-electron chi connectivity index (χ1n) is 9.07. The van der Waals surface area contributed by atoms with Crippen molar-refractivity contribution in [1.29, 1.82) is 0 Å². The van der Waals surface area contributed by atoms with Crippen molar-refractivity contribution in [1.82, 2.24) is 20.2 Å². The predicted molar refractivity (Wildman–Crippen MR) is 108 cm³/mol. The van der Waals surface area contributed by atoms with Gasteiger partial charge in [0.15, 0.2) is 0 Å². The Balaban J connectivity index is 1.53. The summed E-state index contributed by atoms with van der Waals surface area (Å²) in [5.41, 5.74) is 2.26. The number of rotatable bonds is 5. The highest BCUT2D eigenvalue weighted by Gasteiger charge is 2.36. The molecule has 3 heterocycles. The highest BCUT2D eigenvalue weighted by Crippen LogP contribution is 2.26. The number of nitrogens with one attached hydrogen (secondary N) is 1. The van der Waals surface area contributed by atoms with E-state index in [-0.39, 0.29) is 30.0 Å². The van der Waals surface area contributed by atoms with Gasteiger partial charge in [-0.05, 0) is 44.2 Å². The number of amides is 3. The van der Waals surface area contributed by atoms with Gasteiger partial charge in [-0.3, -0.25) is 24.3 Å². The molecular weight excluding hydrogens is 388 g/mol. The summed E-state index contributed by atoms with van der Waals surface area (Å²) in [6.45, 7) is 3.85. The molecule has 0 spiro atoms. The highest BCUT2D eigenvalue weighted by atomic mass is 32.1. The van der Waals surface area contributed by atoms with Crippen molar-refractivity contribution in [2.75, 3.05) is 0 Å². The molecule has 3 aromatic rings. The topological polar surface area (TPSA) is 92.3 Å². The lowest BCUT2D eigenvalue weighted by atomic mass is 10.0. The number of pyridine rings is 1. The van der Waals surface area contributed by atoms with Crippen molar-refractivity contribution in [3.05, 3.63) is 81.1 Å². The van der Waals surface area contributed by atoms with Gasteiger partial charge in [0.1, 0.15) is 0 Å². The minimum Gasteiger partial charge on any atom is -0.344 e. The van der Waals surface area contributed by atoms with Gasteiger partial charge in [-0.2, -0.15) is 0 Å². The first-order valence-corrected chi connectivity index (χ1v) is 9.95.